The average molecular weight is 345 g/mol. The zero-order valence-corrected chi connectivity index (χ0v) is 14.4. The molecule has 0 bridgehead atoms. The minimum atomic E-state index is 0.0175. The van der Waals surface area contributed by atoms with Gasteiger partial charge in [-0.25, -0.2) is 0 Å². The van der Waals surface area contributed by atoms with Crippen molar-refractivity contribution in [2.45, 2.75) is 32.6 Å². The third-order valence-corrected chi connectivity index (χ3v) is 4.39. The van der Waals surface area contributed by atoms with Crippen LogP contribution in [0.3, 0.4) is 0 Å². The number of carbonyl (C=O) groups excluding carboxylic acids is 2. The molecule has 8 nitrogen and oxygen atoms in total. The van der Waals surface area contributed by atoms with Crippen molar-refractivity contribution < 1.29 is 14.1 Å². The molecule has 0 radical (unpaired) electrons. The molecule has 0 spiro atoms. The number of nitrogens with zero attached hydrogens (tertiary/aromatic N) is 4. The summed E-state index contributed by atoms with van der Waals surface area (Å²) in [5, 5.41) is 10.4. The number of H-pyrrole nitrogens is 1. The monoisotopic (exact) mass is 345 g/mol. The van der Waals surface area contributed by atoms with Crippen LogP contribution in [0, 0.1) is 6.92 Å². The quantitative estimate of drug-likeness (QED) is 0.870. The van der Waals surface area contributed by atoms with E-state index in [4.69, 9.17) is 4.52 Å². The van der Waals surface area contributed by atoms with E-state index in [1.807, 2.05) is 11.8 Å². The zero-order chi connectivity index (χ0) is 17.6. The maximum absolute atomic E-state index is 12.4. The third-order valence-electron chi connectivity index (χ3n) is 4.39. The van der Waals surface area contributed by atoms with Crippen LogP contribution >= 0.6 is 0 Å². The van der Waals surface area contributed by atoms with Crippen molar-refractivity contribution in [3.63, 3.8) is 0 Å². The Morgan fingerprint density at radius 1 is 1.20 bits per heavy atom. The highest BCUT2D eigenvalue weighted by Crippen LogP contribution is 2.10. The molecule has 25 heavy (non-hydrogen) atoms. The Morgan fingerprint density at radius 2 is 1.96 bits per heavy atom. The molecule has 134 valence electrons. The van der Waals surface area contributed by atoms with E-state index in [9.17, 15) is 9.59 Å². The lowest BCUT2D eigenvalue weighted by Crippen LogP contribution is -2.38. The van der Waals surface area contributed by atoms with Crippen LogP contribution in [0.15, 0.2) is 23.0 Å². The van der Waals surface area contributed by atoms with Crippen molar-refractivity contribution in [3.05, 3.63) is 35.5 Å². The van der Waals surface area contributed by atoms with Gasteiger partial charge >= 0.3 is 0 Å². The van der Waals surface area contributed by atoms with Gasteiger partial charge in [0, 0.05) is 44.9 Å². The van der Waals surface area contributed by atoms with E-state index in [0.717, 1.165) is 17.7 Å². The third kappa shape index (κ3) is 4.68. The fraction of sp³-hybridized carbons (Fsp3) is 0.529. The number of hydrogen-bond acceptors (Lipinski definition) is 5. The van der Waals surface area contributed by atoms with Gasteiger partial charge in [0.05, 0.1) is 18.3 Å². The summed E-state index contributed by atoms with van der Waals surface area (Å²) in [6, 6.07) is 1.78. The molecule has 1 saturated heterocycles. The lowest BCUT2D eigenvalue weighted by Gasteiger charge is -2.22. The van der Waals surface area contributed by atoms with Crippen LogP contribution in [-0.2, 0) is 22.4 Å². The minimum Gasteiger partial charge on any atom is -0.361 e. The van der Waals surface area contributed by atoms with Gasteiger partial charge in [0.2, 0.25) is 11.8 Å². The lowest BCUT2D eigenvalue weighted by atomic mass is 10.2. The predicted octanol–water partition coefficient (Wildman–Crippen LogP) is 0.942. The predicted molar refractivity (Wildman–Crippen MR) is 89.6 cm³/mol. The molecule has 0 saturated carbocycles. The molecule has 0 atom stereocenters. The minimum absolute atomic E-state index is 0.0175. The molecule has 1 fully saturated rings. The summed E-state index contributed by atoms with van der Waals surface area (Å²) in [5.74, 6) is 0.727. The van der Waals surface area contributed by atoms with Crippen LogP contribution in [0.5, 0.6) is 0 Å². The average Bonchev–Trinajstić information content (AvgIpc) is 3.18. The van der Waals surface area contributed by atoms with Crippen molar-refractivity contribution in [3.8, 4) is 0 Å². The van der Waals surface area contributed by atoms with E-state index < -0.39 is 0 Å². The summed E-state index contributed by atoms with van der Waals surface area (Å²) in [7, 11) is 0. The van der Waals surface area contributed by atoms with Crippen LogP contribution in [0.25, 0.3) is 0 Å². The molecule has 3 heterocycles. The molecule has 0 aliphatic carbocycles. The highest BCUT2D eigenvalue weighted by atomic mass is 16.5. The fourth-order valence-corrected chi connectivity index (χ4v) is 3.00. The fourth-order valence-electron chi connectivity index (χ4n) is 3.00. The first-order chi connectivity index (χ1) is 12.1. The van der Waals surface area contributed by atoms with E-state index in [0.29, 0.717) is 44.8 Å². The summed E-state index contributed by atoms with van der Waals surface area (Å²) in [6.07, 6.45) is 5.70. The number of aryl methyl sites for hydroxylation is 2. The molecule has 3 rings (SSSR count). The molecule has 8 heteroatoms. The smallest absolute Gasteiger partial charge is 0.230 e. The molecule has 0 unspecified atom stereocenters. The Balaban J connectivity index is 1.47. The van der Waals surface area contributed by atoms with Crippen LogP contribution in [0.2, 0.25) is 0 Å². The van der Waals surface area contributed by atoms with Crippen molar-refractivity contribution in [2.24, 2.45) is 0 Å². The Bertz CT molecular complexity index is 710. The standard InChI is InChI=1S/C17H23N5O3/c1-13-9-15(25-20-13)10-17(24)22-6-2-5-21(7-8-22)16(23)4-3-14-11-18-19-12-14/h9,11-12H,2-8,10H2,1H3,(H,18,19). The highest BCUT2D eigenvalue weighted by Gasteiger charge is 2.22. The first-order valence-corrected chi connectivity index (χ1v) is 8.57. The SMILES string of the molecule is Cc1cc(CC(=O)N2CCCN(C(=O)CCc3cn[nH]c3)CC2)on1. The number of rotatable bonds is 5. The van der Waals surface area contributed by atoms with Crippen LogP contribution in [-0.4, -0.2) is 63.1 Å². The van der Waals surface area contributed by atoms with Gasteiger partial charge in [-0.3, -0.25) is 14.7 Å². The summed E-state index contributed by atoms with van der Waals surface area (Å²) in [4.78, 5) is 28.5. The number of aromatic amines is 1. The molecule has 1 aliphatic rings. The second-order valence-corrected chi connectivity index (χ2v) is 6.33. The summed E-state index contributed by atoms with van der Waals surface area (Å²) < 4.78 is 5.11. The summed E-state index contributed by atoms with van der Waals surface area (Å²) in [6.45, 7) is 4.32. The van der Waals surface area contributed by atoms with E-state index in [-0.39, 0.29) is 18.2 Å². The van der Waals surface area contributed by atoms with E-state index >= 15 is 0 Å². The highest BCUT2D eigenvalue weighted by molar-refractivity contribution is 5.79. The topological polar surface area (TPSA) is 95.3 Å². The van der Waals surface area contributed by atoms with Gasteiger partial charge in [0.25, 0.3) is 0 Å². The largest absolute Gasteiger partial charge is 0.361 e. The van der Waals surface area contributed by atoms with Gasteiger partial charge in [-0.1, -0.05) is 5.16 Å². The lowest BCUT2D eigenvalue weighted by molar-refractivity contribution is -0.133. The van der Waals surface area contributed by atoms with Crippen molar-refractivity contribution in [2.75, 3.05) is 26.2 Å². The molecular weight excluding hydrogens is 322 g/mol. The molecule has 1 N–H and O–H groups in total. The number of amides is 2. The number of hydrogen-bond donors (Lipinski definition) is 1. The molecule has 2 aromatic rings. The first kappa shape index (κ1) is 17.2. The van der Waals surface area contributed by atoms with Gasteiger partial charge in [-0.05, 0) is 25.3 Å². The molecule has 2 aromatic heterocycles. The van der Waals surface area contributed by atoms with Gasteiger partial charge in [-0.15, -0.1) is 0 Å². The molecule has 0 aromatic carbocycles. The van der Waals surface area contributed by atoms with Crippen molar-refractivity contribution in [1.29, 1.82) is 0 Å². The normalized spacial score (nSPS) is 15.2. The summed E-state index contributed by atoms with van der Waals surface area (Å²) in [5.41, 5.74) is 1.80. The van der Waals surface area contributed by atoms with Gasteiger partial charge in [0.15, 0.2) is 0 Å². The number of nitrogens with one attached hydrogen (secondary N) is 1. The van der Waals surface area contributed by atoms with Crippen molar-refractivity contribution in [1.82, 2.24) is 25.2 Å². The van der Waals surface area contributed by atoms with E-state index in [1.54, 1.807) is 23.4 Å². The second-order valence-electron chi connectivity index (χ2n) is 6.33. The Hall–Kier alpha value is -2.64. The molecular formula is C17H23N5O3. The van der Waals surface area contributed by atoms with Gasteiger partial charge in [-0.2, -0.15) is 5.10 Å². The Labute approximate surface area is 146 Å². The van der Waals surface area contributed by atoms with Crippen LogP contribution in [0.4, 0.5) is 0 Å². The Morgan fingerprint density at radius 3 is 2.60 bits per heavy atom. The second kappa shape index (κ2) is 7.96. The maximum Gasteiger partial charge on any atom is 0.230 e. The van der Waals surface area contributed by atoms with Gasteiger partial charge < -0.3 is 14.3 Å². The molecule has 2 amide bonds. The maximum atomic E-state index is 12.4. The van der Waals surface area contributed by atoms with E-state index in [1.165, 1.54) is 0 Å². The van der Waals surface area contributed by atoms with Gasteiger partial charge in [0.1, 0.15) is 5.76 Å². The Kier molecular flexibility index (Phi) is 5.47. The van der Waals surface area contributed by atoms with Crippen LogP contribution < -0.4 is 0 Å². The first-order valence-electron chi connectivity index (χ1n) is 8.57. The molecule has 1 aliphatic heterocycles. The van der Waals surface area contributed by atoms with E-state index in [2.05, 4.69) is 15.4 Å². The zero-order valence-electron chi connectivity index (χ0n) is 14.4. The number of carbonyl (C=O) groups is 2. The summed E-state index contributed by atoms with van der Waals surface area (Å²) >= 11 is 0. The number of aromatic nitrogens is 3. The van der Waals surface area contributed by atoms with Crippen LogP contribution in [0.1, 0.15) is 29.9 Å². The van der Waals surface area contributed by atoms with Crippen molar-refractivity contribution >= 4 is 11.8 Å².